The fourth-order valence-electron chi connectivity index (χ4n) is 2.85. The molecule has 158 valence electrons. The molecule has 0 aliphatic rings. The van der Waals surface area contributed by atoms with E-state index in [4.69, 9.17) is 18.9 Å². The maximum Gasteiger partial charge on any atom is 0.133 e. The second-order valence-corrected chi connectivity index (χ2v) is 7.91. The van der Waals surface area contributed by atoms with Gasteiger partial charge in [-0.15, -0.1) is 0 Å². The highest BCUT2D eigenvalue weighted by Crippen LogP contribution is 2.34. The third kappa shape index (κ3) is 6.62. The normalized spacial score (nSPS) is 9.67. The Morgan fingerprint density at radius 1 is 0.600 bits per heavy atom. The van der Waals surface area contributed by atoms with E-state index in [9.17, 15) is 0 Å². The van der Waals surface area contributed by atoms with Crippen LogP contribution in [-0.2, 0) is 12.8 Å². The van der Waals surface area contributed by atoms with E-state index in [1.807, 2.05) is 24.3 Å². The zero-order valence-electron chi connectivity index (χ0n) is 17.5. The van der Waals surface area contributed by atoms with E-state index in [0.717, 1.165) is 55.9 Å². The van der Waals surface area contributed by atoms with Crippen molar-refractivity contribution < 1.29 is 18.9 Å². The van der Waals surface area contributed by atoms with Gasteiger partial charge in [0.05, 0.1) is 37.4 Å². The predicted octanol–water partition coefficient (Wildman–Crippen LogP) is 5.82. The van der Waals surface area contributed by atoms with E-state index in [1.54, 1.807) is 28.4 Å². The van der Waals surface area contributed by atoms with Gasteiger partial charge < -0.3 is 18.9 Å². The third-order valence-corrected chi connectivity index (χ3v) is 5.63. The fraction of sp³-hybridized carbons (Fsp3) is 0.333. The Morgan fingerprint density at radius 3 is 1.30 bits per heavy atom. The van der Waals surface area contributed by atoms with Gasteiger partial charge in [-0.25, -0.2) is 0 Å². The van der Waals surface area contributed by atoms with Crippen LogP contribution in [0.1, 0.15) is 24.0 Å². The molecule has 6 heteroatoms. The first-order valence-corrected chi connectivity index (χ1v) is 10.9. The lowest BCUT2D eigenvalue weighted by Crippen LogP contribution is -1.95. The first kappa shape index (κ1) is 24.0. The second-order valence-electron chi connectivity index (χ2n) is 6.20. The molecule has 0 unspecified atom stereocenters. The molecule has 0 spiro atoms. The molecule has 2 aromatic carbocycles. The van der Waals surface area contributed by atoms with E-state index in [2.05, 4.69) is 55.5 Å². The number of benzene rings is 2. The summed E-state index contributed by atoms with van der Waals surface area (Å²) >= 11 is 6.94. The van der Waals surface area contributed by atoms with Gasteiger partial charge in [0.15, 0.2) is 0 Å². The molecule has 0 saturated carbocycles. The van der Waals surface area contributed by atoms with E-state index in [-0.39, 0.29) is 0 Å². The van der Waals surface area contributed by atoms with Gasteiger partial charge >= 0.3 is 0 Å². The molecule has 0 bridgehead atoms. The molecule has 30 heavy (non-hydrogen) atoms. The number of aryl methyl sites for hydroxylation is 2. The summed E-state index contributed by atoms with van der Waals surface area (Å²) in [6.45, 7) is 0. The molecule has 0 radical (unpaired) electrons. The monoisotopic (exact) mass is 534 g/mol. The van der Waals surface area contributed by atoms with Crippen molar-refractivity contribution in [2.75, 3.05) is 28.4 Å². The maximum absolute atomic E-state index is 5.44. The Kier molecular flexibility index (Phi) is 9.94. The van der Waals surface area contributed by atoms with Crippen LogP contribution in [0.2, 0.25) is 0 Å². The fourth-order valence-corrected chi connectivity index (χ4v) is 3.81. The first-order valence-electron chi connectivity index (χ1n) is 9.30. The summed E-state index contributed by atoms with van der Waals surface area (Å²) in [7, 11) is 6.60. The van der Waals surface area contributed by atoms with E-state index >= 15 is 0 Å². The SMILES string of the molecule is COc1cc(CCC#CC#CCCc2cc(OC)c(Br)cc2OC)c(OC)cc1Br. The Labute approximate surface area is 195 Å². The van der Waals surface area contributed by atoms with E-state index in [1.165, 1.54) is 0 Å². The van der Waals surface area contributed by atoms with Crippen molar-refractivity contribution in [3.63, 3.8) is 0 Å². The molecule has 0 heterocycles. The second kappa shape index (κ2) is 12.4. The lowest BCUT2D eigenvalue weighted by atomic mass is 10.1. The zero-order valence-corrected chi connectivity index (χ0v) is 20.7. The quantitative estimate of drug-likeness (QED) is 0.399. The van der Waals surface area contributed by atoms with Gasteiger partial charge in [0, 0.05) is 12.8 Å². The van der Waals surface area contributed by atoms with E-state index in [0.29, 0.717) is 12.8 Å². The molecule has 0 N–H and O–H groups in total. The van der Waals surface area contributed by atoms with Crippen LogP contribution in [0.4, 0.5) is 0 Å². The smallest absolute Gasteiger partial charge is 0.133 e. The van der Waals surface area contributed by atoms with Gasteiger partial charge in [-0.2, -0.15) is 0 Å². The minimum Gasteiger partial charge on any atom is -0.496 e. The number of methoxy groups -OCH3 is 4. The molecule has 0 atom stereocenters. The summed E-state index contributed by atoms with van der Waals surface area (Å²) in [5.74, 6) is 15.2. The molecule has 0 saturated heterocycles. The van der Waals surface area contributed by atoms with Gasteiger partial charge in [-0.05, 0) is 91.9 Å². The first-order chi connectivity index (χ1) is 14.5. The lowest BCUT2D eigenvalue weighted by Gasteiger charge is -2.11. The van der Waals surface area contributed by atoms with Crippen LogP contribution < -0.4 is 18.9 Å². The lowest BCUT2D eigenvalue weighted by molar-refractivity contribution is 0.396. The molecular formula is C24H24Br2O4. The van der Waals surface area contributed by atoms with Gasteiger partial charge in [0.25, 0.3) is 0 Å². The van der Waals surface area contributed by atoms with Gasteiger partial charge in [-0.3, -0.25) is 0 Å². The molecule has 0 amide bonds. The number of halogens is 2. The van der Waals surface area contributed by atoms with Crippen molar-refractivity contribution in [2.45, 2.75) is 25.7 Å². The summed E-state index contributed by atoms with van der Waals surface area (Å²) in [6.07, 6.45) is 2.90. The summed E-state index contributed by atoms with van der Waals surface area (Å²) in [5, 5.41) is 0. The summed E-state index contributed by atoms with van der Waals surface area (Å²) < 4.78 is 23.3. The molecule has 0 fully saturated rings. The van der Waals surface area contributed by atoms with Crippen LogP contribution in [0.5, 0.6) is 23.0 Å². The van der Waals surface area contributed by atoms with Crippen LogP contribution in [0.3, 0.4) is 0 Å². The Hall–Kier alpha value is -2.28. The van der Waals surface area contributed by atoms with Crippen LogP contribution in [0, 0.1) is 23.7 Å². The highest BCUT2D eigenvalue weighted by atomic mass is 79.9. The van der Waals surface area contributed by atoms with Crippen molar-refractivity contribution in [3.05, 3.63) is 44.3 Å². The zero-order chi connectivity index (χ0) is 21.9. The Balaban J connectivity index is 1.92. The van der Waals surface area contributed by atoms with Crippen molar-refractivity contribution >= 4 is 31.9 Å². The van der Waals surface area contributed by atoms with Crippen molar-refractivity contribution in [2.24, 2.45) is 0 Å². The van der Waals surface area contributed by atoms with Crippen molar-refractivity contribution in [3.8, 4) is 46.7 Å². The topological polar surface area (TPSA) is 36.9 Å². The average Bonchev–Trinajstić information content (AvgIpc) is 2.76. The largest absolute Gasteiger partial charge is 0.496 e. The number of hydrogen-bond donors (Lipinski definition) is 0. The van der Waals surface area contributed by atoms with Gasteiger partial charge in [0.2, 0.25) is 0 Å². The van der Waals surface area contributed by atoms with Gasteiger partial charge in [0.1, 0.15) is 23.0 Å². The molecule has 4 nitrogen and oxygen atoms in total. The molecule has 0 aliphatic heterocycles. The molecule has 2 aromatic rings. The number of rotatable bonds is 8. The van der Waals surface area contributed by atoms with Crippen LogP contribution in [-0.4, -0.2) is 28.4 Å². The van der Waals surface area contributed by atoms with E-state index < -0.39 is 0 Å². The van der Waals surface area contributed by atoms with Crippen molar-refractivity contribution in [1.82, 2.24) is 0 Å². The Bertz CT molecular complexity index is 913. The van der Waals surface area contributed by atoms with Crippen molar-refractivity contribution in [1.29, 1.82) is 0 Å². The van der Waals surface area contributed by atoms with Gasteiger partial charge in [-0.1, -0.05) is 11.8 Å². The minimum atomic E-state index is 0.688. The standard InChI is InChI=1S/C24H24Br2O4/c1-27-21-15-19(25)23(29-3)13-17(21)11-9-7-5-6-8-10-12-18-14-24(30-4)20(26)16-22(18)28-2/h13-16H,9-12H2,1-4H3. The minimum absolute atomic E-state index is 0.688. The molecular weight excluding hydrogens is 512 g/mol. The molecule has 0 aliphatic carbocycles. The molecule has 2 rings (SSSR count). The highest BCUT2D eigenvalue weighted by Gasteiger charge is 2.10. The Morgan fingerprint density at radius 2 is 0.967 bits per heavy atom. The summed E-state index contributed by atoms with van der Waals surface area (Å²) in [5.41, 5.74) is 2.10. The number of hydrogen-bond acceptors (Lipinski definition) is 4. The number of ether oxygens (including phenoxy) is 4. The summed E-state index contributed by atoms with van der Waals surface area (Å²) in [6, 6.07) is 7.76. The average molecular weight is 536 g/mol. The third-order valence-electron chi connectivity index (χ3n) is 4.39. The van der Waals surface area contributed by atoms with Crippen LogP contribution in [0.25, 0.3) is 0 Å². The predicted molar refractivity (Wildman–Crippen MR) is 127 cm³/mol. The maximum atomic E-state index is 5.44. The highest BCUT2D eigenvalue weighted by molar-refractivity contribution is 9.10. The summed E-state index contributed by atoms with van der Waals surface area (Å²) in [4.78, 5) is 0. The molecule has 0 aromatic heterocycles. The van der Waals surface area contributed by atoms with Crippen LogP contribution in [0.15, 0.2) is 33.2 Å². The van der Waals surface area contributed by atoms with Crippen LogP contribution >= 0.6 is 31.9 Å².